The largest absolute Gasteiger partial charge is 0.468 e. The average molecular weight is 280 g/mol. The van der Waals surface area contributed by atoms with Crippen LogP contribution >= 0.6 is 0 Å². The van der Waals surface area contributed by atoms with E-state index in [1.165, 1.54) is 18.4 Å². The number of nitrogens with one attached hydrogen (secondary N) is 1. The maximum Gasteiger partial charge on any atom is 0.118 e. The molecule has 0 bridgehead atoms. The predicted molar refractivity (Wildman–Crippen MR) is 80.6 cm³/mol. The van der Waals surface area contributed by atoms with E-state index in [1.807, 2.05) is 6.26 Å². The molecule has 1 aromatic rings. The first-order valence-corrected chi connectivity index (χ1v) is 7.81. The van der Waals surface area contributed by atoms with Gasteiger partial charge in [-0.15, -0.1) is 0 Å². The zero-order chi connectivity index (χ0) is 14.2. The van der Waals surface area contributed by atoms with Crippen molar-refractivity contribution in [3.8, 4) is 0 Å². The zero-order valence-corrected chi connectivity index (χ0v) is 12.9. The molecule has 0 aromatic carbocycles. The fourth-order valence-electron chi connectivity index (χ4n) is 2.73. The van der Waals surface area contributed by atoms with Crippen molar-refractivity contribution in [1.29, 1.82) is 0 Å². The van der Waals surface area contributed by atoms with E-state index in [-0.39, 0.29) is 0 Å². The fraction of sp³-hybridized carbons (Fsp3) is 0.750. The Balaban J connectivity index is 1.71. The maximum atomic E-state index is 5.64. The van der Waals surface area contributed by atoms with Crippen LogP contribution in [-0.4, -0.2) is 38.3 Å². The Bertz CT molecular complexity index is 372. The monoisotopic (exact) mass is 280 g/mol. The molecular formula is C16H28N2O2. The van der Waals surface area contributed by atoms with Gasteiger partial charge in [0.05, 0.1) is 19.4 Å². The van der Waals surface area contributed by atoms with Crippen molar-refractivity contribution in [2.75, 3.05) is 33.4 Å². The van der Waals surface area contributed by atoms with E-state index in [0.29, 0.717) is 5.92 Å². The van der Waals surface area contributed by atoms with E-state index in [1.54, 1.807) is 0 Å². The molecule has 114 valence electrons. The van der Waals surface area contributed by atoms with Crippen molar-refractivity contribution >= 4 is 0 Å². The van der Waals surface area contributed by atoms with Crippen molar-refractivity contribution in [3.05, 3.63) is 23.7 Å². The van der Waals surface area contributed by atoms with E-state index in [2.05, 4.69) is 30.3 Å². The van der Waals surface area contributed by atoms with Gasteiger partial charge in [-0.2, -0.15) is 0 Å². The van der Waals surface area contributed by atoms with Gasteiger partial charge in [0.1, 0.15) is 5.76 Å². The summed E-state index contributed by atoms with van der Waals surface area (Å²) in [6, 6.07) is 2.16. The summed E-state index contributed by atoms with van der Waals surface area (Å²) in [5.74, 6) is 1.73. The summed E-state index contributed by atoms with van der Waals surface area (Å²) in [5, 5.41) is 3.39. The SMILES string of the molecule is CCCNCc1coc(CN(C)CC2CCCOC2)c1. The molecule has 20 heavy (non-hydrogen) atoms. The quantitative estimate of drug-likeness (QED) is 0.743. The average Bonchev–Trinajstić information content (AvgIpc) is 2.87. The smallest absolute Gasteiger partial charge is 0.118 e. The summed E-state index contributed by atoms with van der Waals surface area (Å²) in [6.07, 6.45) is 5.52. The molecule has 0 aliphatic carbocycles. The van der Waals surface area contributed by atoms with Crippen LogP contribution in [0, 0.1) is 5.92 Å². The number of hydrogen-bond donors (Lipinski definition) is 1. The van der Waals surface area contributed by atoms with Crippen LogP contribution in [0.4, 0.5) is 0 Å². The molecule has 0 saturated carbocycles. The van der Waals surface area contributed by atoms with Crippen LogP contribution in [0.15, 0.2) is 16.7 Å². The van der Waals surface area contributed by atoms with Crippen LogP contribution in [0.3, 0.4) is 0 Å². The number of hydrogen-bond acceptors (Lipinski definition) is 4. The van der Waals surface area contributed by atoms with Crippen molar-refractivity contribution in [2.24, 2.45) is 5.92 Å². The first kappa shape index (κ1) is 15.5. The first-order valence-electron chi connectivity index (χ1n) is 7.81. The van der Waals surface area contributed by atoms with Crippen LogP contribution < -0.4 is 5.32 Å². The molecular weight excluding hydrogens is 252 g/mol. The minimum Gasteiger partial charge on any atom is -0.468 e. The molecule has 1 fully saturated rings. The summed E-state index contributed by atoms with van der Waals surface area (Å²) >= 11 is 0. The number of ether oxygens (including phenoxy) is 1. The normalized spacial score (nSPS) is 19.6. The molecule has 1 atom stereocenters. The van der Waals surface area contributed by atoms with Gasteiger partial charge in [0.25, 0.3) is 0 Å². The van der Waals surface area contributed by atoms with Gasteiger partial charge in [0.2, 0.25) is 0 Å². The van der Waals surface area contributed by atoms with Crippen LogP contribution in [0.1, 0.15) is 37.5 Å². The molecule has 4 nitrogen and oxygen atoms in total. The lowest BCUT2D eigenvalue weighted by Crippen LogP contribution is -2.30. The Labute approximate surface area is 122 Å². The second-order valence-corrected chi connectivity index (χ2v) is 5.88. The molecule has 1 aliphatic heterocycles. The molecule has 4 heteroatoms. The Morgan fingerprint density at radius 3 is 3.10 bits per heavy atom. The van der Waals surface area contributed by atoms with E-state index in [4.69, 9.17) is 9.15 Å². The summed E-state index contributed by atoms with van der Waals surface area (Å²) in [5.41, 5.74) is 1.24. The Morgan fingerprint density at radius 2 is 2.35 bits per heavy atom. The van der Waals surface area contributed by atoms with Crippen molar-refractivity contribution in [1.82, 2.24) is 10.2 Å². The van der Waals surface area contributed by atoms with Gasteiger partial charge >= 0.3 is 0 Å². The van der Waals surface area contributed by atoms with Crippen molar-refractivity contribution < 1.29 is 9.15 Å². The molecule has 1 N–H and O–H groups in total. The highest BCUT2D eigenvalue weighted by molar-refractivity contribution is 5.12. The molecule has 2 heterocycles. The van der Waals surface area contributed by atoms with Gasteiger partial charge in [-0.25, -0.2) is 0 Å². The van der Waals surface area contributed by atoms with Gasteiger partial charge in [0, 0.05) is 25.3 Å². The van der Waals surface area contributed by atoms with Crippen molar-refractivity contribution in [3.63, 3.8) is 0 Å². The molecule has 1 unspecified atom stereocenters. The molecule has 1 aromatic heterocycles. The summed E-state index contributed by atoms with van der Waals surface area (Å²) in [4.78, 5) is 2.33. The number of rotatable bonds is 8. The van der Waals surface area contributed by atoms with Crippen LogP contribution in [0.5, 0.6) is 0 Å². The third-order valence-electron chi connectivity index (χ3n) is 3.71. The number of nitrogens with zero attached hydrogens (tertiary/aromatic N) is 1. The van der Waals surface area contributed by atoms with Crippen LogP contribution in [-0.2, 0) is 17.8 Å². The zero-order valence-electron chi connectivity index (χ0n) is 12.9. The van der Waals surface area contributed by atoms with Gasteiger partial charge < -0.3 is 14.5 Å². The molecule has 1 saturated heterocycles. The van der Waals surface area contributed by atoms with Crippen molar-refractivity contribution in [2.45, 2.75) is 39.3 Å². The Kier molecular flexibility index (Phi) is 6.57. The highest BCUT2D eigenvalue weighted by Crippen LogP contribution is 2.16. The first-order chi connectivity index (χ1) is 9.78. The van der Waals surface area contributed by atoms with Gasteiger partial charge in [0.15, 0.2) is 0 Å². The van der Waals surface area contributed by atoms with Gasteiger partial charge in [-0.3, -0.25) is 4.90 Å². The number of furan rings is 1. The lowest BCUT2D eigenvalue weighted by atomic mass is 10.0. The molecule has 0 radical (unpaired) electrons. The standard InChI is InChI=1S/C16H28N2O2/c1-3-6-17-9-15-8-16(20-13-15)11-18(2)10-14-5-4-7-19-12-14/h8,13-14,17H,3-7,9-12H2,1-2H3. The van der Waals surface area contributed by atoms with E-state index in [0.717, 1.165) is 51.6 Å². The maximum absolute atomic E-state index is 5.64. The Morgan fingerprint density at radius 1 is 1.45 bits per heavy atom. The second-order valence-electron chi connectivity index (χ2n) is 5.88. The summed E-state index contributed by atoms with van der Waals surface area (Å²) in [7, 11) is 2.16. The molecule has 2 rings (SSSR count). The lowest BCUT2D eigenvalue weighted by Gasteiger charge is -2.26. The minimum absolute atomic E-state index is 0.675. The summed E-state index contributed by atoms with van der Waals surface area (Å²) in [6.45, 7) is 7.95. The van der Waals surface area contributed by atoms with Gasteiger partial charge in [-0.1, -0.05) is 6.92 Å². The summed E-state index contributed by atoms with van der Waals surface area (Å²) < 4.78 is 11.2. The molecule has 1 aliphatic rings. The third kappa shape index (κ3) is 5.27. The minimum atomic E-state index is 0.675. The highest BCUT2D eigenvalue weighted by atomic mass is 16.5. The molecule has 0 amide bonds. The second kappa shape index (κ2) is 8.45. The third-order valence-corrected chi connectivity index (χ3v) is 3.71. The van der Waals surface area contributed by atoms with Gasteiger partial charge in [-0.05, 0) is 44.8 Å². The fourth-order valence-corrected chi connectivity index (χ4v) is 2.73. The van der Waals surface area contributed by atoms with Crippen LogP contribution in [0.25, 0.3) is 0 Å². The van der Waals surface area contributed by atoms with E-state index < -0.39 is 0 Å². The lowest BCUT2D eigenvalue weighted by molar-refractivity contribution is 0.0404. The predicted octanol–water partition coefficient (Wildman–Crippen LogP) is 2.64. The molecule has 0 spiro atoms. The Hall–Kier alpha value is -0.840. The highest BCUT2D eigenvalue weighted by Gasteiger charge is 2.16. The van der Waals surface area contributed by atoms with Crippen LogP contribution in [0.2, 0.25) is 0 Å². The van der Waals surface area contributed by atoms with E-state index in [9.17, 15) is 0 Å². The topological polar surface area (TPSA) is 37.6 Å². The van der Waals surface area contributed by atoms with E-state index >= 15 is 0 Å².